The van der Waals surface area contributed by atoms with Gasteiger partial charge in [0.15, 0.2) is 0 Å². The van der Waals surface area contributed by atoms with Crippen molar-refractivity contribution in [2.75, 3.05) is 13.1 Å². The molecule has 0 N–H and O–H groups in total. The molecule has 0 heterocycles. The number of rotatable bonds is 5. The highest BCUT2D eigenvalue weighted by atomic mass is 19.4. The fraction of sp³-hybridized carbons (Fsp3) is 0.875. The van der Waals surface area contributed by atoms with E-state index in [4.69, 9.17) is 0 Å². The average Bonchev–Trinajstić information content (AvgIpc) is 2.03. The SMILES string of the molecule is CCCN(CCC)OC(=O)C(F)(F)F. The van der Waals surface area contributed by atoms with Gasteiger partial charge in [-0.15, -0.1) is 5.06 Å². The van der Waals surface area contributed by atoms with Crippen LogP contribution >= 0.6 is 0 Å². The lowest BCUT2D eigenvalue weighted by atomic mass is 10.4. The van der Waals surface area contributed by atoms with E-state index in [1.165, 1.54) is 0 Å². The van der Waals surface area contributed by atoms with Crippen molar-refractivity contribution in [3.05, 3.63) is 0 Å². The van der Waals surface area contributed by atoms with Crippen LogP contribution in [0.4, 0.5) is 13.2 Å². The smallest absolute Gasteiger partial charge is 0.361 e. The Labute approximate surface area is 80.8 Å². The molecular formula is C8H14F3NO2. The van der Waals surface area contributed by atoms with Crippen LogP contribution in [-0.2, 0) is 9.63 Å². The highest BCUT2D eigenvalue weighted by Gasteiger charge is 2.42. The number of nitrogens with zero attached hydrogens (tertiary/aromatic N) is 1. The molecule has 0 fully saturated rings. The van der Waals surface area contributed by atoms with E-state index in [-0.39, 0.29) is 0 Å². The van der Waals surface area contributed by atoms with Crippen LogP contribution in [0.15, 0.2) is 0 Å². The minimum Gasteiger partial charge on any atom is -0.361 e. The molecule has 0 aliphatic carbocycles. The van der Waals surface area contributed by atoms with Gasteiger partial charge in [0.05, 0.1) is 0 Å². The monoisotopic (exact) mass is 213 g/mol. The second-order valence-corrected chi connectivity index (χ2v) is 2.81. The van der Waals surface area contributed by atoms with Gasteiger partial charge in [-0.3, -0.25) is 0 Å². The van der Waals surface area contributed by atoms with Crippen molar-refractivity contribution >= 4 is 5.97 Å². The number of carbonyl (C=O) groups excluding carboxylic acids is 1. The van der Waals surface area contributed by atoms with Crippen molar-refractivity contribution in [2.45, 2.75) is 32.9 Å². The minimum atomic E-state index is -4.92. The van der Waals surface area contributed by atoms with Crippen LogP contribution in [0.25, 0.3) is 0 Å². The predicted molar refractivity (Wildman–Crippen MR) is 44.3 cm³/mol. The van der Waals surface area contributed by atoms with Gasteiger partial charge in [0.2, 0.25) is 0 Å². The molecule has 3 nitrogen and oxygen atoms in total. The first-order valence-corrected chi connectivity index (χ1v) is 4.45. The number of halogens is 3. The summed E-state index contributed by atoms with van der Waals surface area (Å²) in [5.74, 6) is -2.15. The molecule has 0 rings (SSSR count). The van der Waals surface area contributed by atoms with Gasteiger partial charge in [-0.2, -0.15) is 13.2 Å². The summed E-state index contributed by atoms with van der Waals surface area (Å²) in [7, 11) is 0. The number of hydrogen-bond donors (Lipinski definition) is 0. The van der Waals surface area contributed by atoms with Gasteiger partial charge in [0.25, 0.3) is 0 Å². The maximum atomic E-state index is 11.8. The summed E-state index contributed by atoms with van der Waals surface area (Å²) in [6, 6.07) is 0. The van der Waals surface area contributed by atoms with Gasteiger partial charge in [0.1, 0.15) is 0 Å². The first-order valence-electron chi connectivity index (χ1n) is 4.45. The molecule has 0 aromatic carbocycles. The van der Waals surface area contributed by atoms with Crippen LogP contribution in [-0.4, -0.2) is 30.3 Å². The Hall–Kier alpha value is -0.780. The van der Waals surface area contributed by atoms with Crippen LogP contribution in [0.2, 0.25) is 0 Å². The van der Waals surface area contributed by atoms with Crippen molar-refractivity contribution in [3.8, 4) is 0 Å². The van der Waals surface area contributed by atoms with E-state index in [0.29, 0.717) is 25.9 Å². The van der Waals surface area contributed by atoms with E-state index in [9.17, 15) is 18.0 Å². The molecule has 0 spiro atoms. The van der Waals surface area contributed by atoms with Crippen LogP contribution < -0.4 is 0 Å². The molecule has 0 radical (unpaired) electrons. The van der Waals surface area contributed by atoms with E-state index >= 15 is 0 Å². The summed E-state index contributed by atoms with van der Waals surface area (Å²) in [6.07, 6.45) is -3.66. The van der Waals surface area contributed by atoms with Gasteiger partial charge in [-0.05, 0) is 12.8 Å². The average molecular weight is 213 g/mol. The van der Waals surface area contributed by atoms with E-state index < -0.39 is 12.1 Å². The standard InChI is InChI=1S/C8H14F3NO2/c1-3-5-12(6-4-2)14-7(13)8(9,10)11/h3-6H2,1-2H3. The number of hydrogen-bond acceptors (Lipinski definition) is 3. The molecule has 0 atom stereocenters. The molecule has 84 valence electrons. The lowest BCUT2D eigenvalue weighted by Crippen LogP contribution is -2.35. The van der Waals surface area contributed by atoms with Crippen LogP contribution in [0.3, 0.4) is 0 Å². The van der Waals surface area contributed by atoms with Gasteiger partial charge < -0.3 is 4.84 Å². The van der Waals surface area contributed by atoms with Gasteiger partial charge >= 0.3 is 12.1 Å². The Balaban J connectivity index is 4.08. The third-order valence-corrected chi connectivity index (χ3v) is 1.39. The quantitative estimate of drug-likeness (QED) is 0.655. The molecule has 0 amide bonds. The van der Waals surface area contributed by atoms with Crippen molar-refractivity contribution in [1.82, 2.24) is 5.06 Å². The van der Waals surface area contributed by atoms with Crippen LogP contribution in [0.1, 0.15) is 26.7 Å². The molecular weight excluding hydrogens is 199 g/mol. The fourth-order valence-electron chi connectivity index (χ4n) is 0.871. The fourth-order valence-corrected chi connectivity index (χ4v) is 0.871. The zero-order valence-electron chi connectivity index (χ0n) is 8.23. The lowest BCUT2D eigenvalue weighted by molar-refractivity contribution is -0.238. The van der Waals surface area contributed by atoms with Gasteiger partial charge in [0, 0.05) is 13.1 Å². The molecule has 0 aromatic heterocycles. The third kappa shape index (κ3) is 5.06. The van der Waals surface area contributed by atoms with Gasteiger partial charge in [-0.25, -0.2) is 4.79 Å². The zero-order chi connectivity index (χ0) is 11.2. The first-order chi connectivity index (χ1) is 6.41. The maximum absolute atomic E-state index is 11.8. The molecule has 0 unspecified atom stereocenters. The minimum absolute atomic E-state index is 0.315. The lowest BCUT2D eigenvalue weighted by Gasteiger charge is -2.20. The summed E-state index contributed by atoms with van der Waals surface area (Å²) in [4.78, 5) is 14.6. The van der Waals surface area contributed by atoms with E-state index in [2.05, 4.69) is 4.84 Å². The Kier molecular flexibility index (Phi) is 5.52. The van der Waals surface area contributed by atoms with Gasteiger partial charge in [-0.1, -0.05) is 13.8 Å². The number of hydroxylamine groups is 2. The van der Waals surface area contributed by atoms with Crippen molar-refractivity contribution in [3.63, 3.8) is 0 Å². The molecule has 6 heteroatoms. The molecule has 0 aromatic rings. The summed E-state index contributed by atoms with van der Waals surface area (Å²) in [5.41, 5.74) is 0. The highest BCUT2D eigenvalue weighted by molar-refractivity contribution is 5.75. The van der Waals surface area contributed by atoms with Crippen molar-refractivity contribution < 1.29 is 22.8 Å². The largest absolute Gasteiger partial charge is 0.492 e. The second-order valence-electron chi connectivity index (χ2n) is 2.81. The van der Waals surface area contributed by atoms with E-state index in [1.54, 1.807) is 13.8 Å². The molecule has 0 aliphatic heterocycles. The zero-order valence-corrected chi connectivity index (χ0v) is 8.23. The number of carbonyl (C=O) groups is 1. The summed E-state index contributed by atoms with van der Waals surface area (Å²) >= 11 is 0. The summed E-state index contributed by atoms with van der Waals surface area (Å²) < 4.78 is 35.4. The first kappa shape index (κ1) is 13.2. The Morgan fingerprint density at radius 1 is 1.21 bits per heavy atom. The van der Waals surface area contributed by atoms with E-state index in [0.717, 1.165) is 5.06 Å². The second kappa shape index (κ2) is 5.85. The molecule has 0 aliphatic rings. The Morgan fingerprint density at radius 2 is 1.64 bits per heavy atom. The normalized spacial score (nSPS) is 11.9. The predicted octanol–water partition coefficient (Wildman–Crippen LogP) is 2.13. The van der Waals surface area contributed by atoms with E-state index in [1.807, 2.05) is 0 Å². The Bertz CT molecular complexity index is 176. The van der Waals surface area contributed by atoms with Crippen LogP contribution in [0, 0.1) is 0 Å². The highest BCUT2D eigenvalue weighted by Crippen LogP contribution is 2.17. The molecule has 14 heavy (non-hydrogen) atoms. The summed E-state index contributed by atoms with van der Waals surface area (Å²) in [6.45, 7) is 4.22. The molecule has 0 bridgehead atoms. The number of alkyl halides is 3. The maximum Gasteiger partial charge on any atom is 0.492 e. The van der Waals surface area contributed by atoms with Crippen molar-refractivity contribution in [2.24, 2.45) is 0 Å². The molecule has 0 saturated carbocycles. The topological polar surface area (TPSA) is 29.5 Å². The molecule has 0 saturated heterocycles. The third-order valence-electron chi connectivity index (χ3n) is 1.39. The van der Waals surface area contributed by atoms with Crippen molar-refractivity contribution in [1.29, 1.82) is 0 Å². The Morgan fingerprint density at radius 3 is 1.93 bits per heavy atom. The summed E-state index contributed by atoms with van der Waals surface area (Å²) in [5, 5.41) is 1.04. The van der Waals surface area contributed by atoms with Crippen LogP contribution in [0.5, 0.6) is 0 Å².